The monoisotopic (exact) mass is 163 g/mol. The first kappa shape index (κ1) is 22.5. The molecule has 0 atom stereocenters. The van der Waals surface area contributed by atoms with Crippen LogP contribution in [0.3, 0.4) is 0 Å². The van der Waals surface area contributed by atoms with Crippen molar-refractivity contribution in [3.05, 3.63) is 0 Å². The molecule has 0 rings (SSSR count). The predicted octanol–water partition coefficient (Wildman–Crippen LogP) is -0.595. The van der Waals surface area contributed by atoms with Gasteiger partial charge in [0.15, 0.2) is 0 Å². The van der Waals surface area contributed by atoms with Crippen LogP contribution in [0.4, 0.5) is 0 Å². The molecule has 0 aromatic carbocycles. The van der Waals surface area contributed by atoms with Crippen LogP contribution in [0, 0.1) is 0 Å². The Balaban J connectivity index is -0.0000000417. The normalized spacial score (nSPS) is 6.00. The van der Waals surface area contributed by atoms with E-state index in [0.29, 0.717) is 0 Å². The van der Waals surface area contributed by atoms with Crippen LogP contribution >= 0.6 is 11.6 Å². The third-order valence-electron chi connectivity index (χ3n) is 0.737. The molecule has 0 aromatic rings. The van der Waals surface area contributed by atoms with Crippen LogP contribution in [0.2, 0.25) is 0 Å². The van der Waals surface area contributed by atoms with Crippen molar-refractivity contribution in [2.45, 2.75) is 26.2 Å². The van der Waals surface area contributed by atoms with E-state index in [-0.39, 0.29) is 41.2 Å². The molecular weight excluding hydrogens is 149 g/mol. The summed E-state index contributed by atoms with van der Waals surface area (Å²) in [6, 6.07) is 0. The summed E-state index contributed by atoms with van der Waals surface area (Å²) >= 11 is 5.38. The van der Waals surface area contributed by atoms with Crippen LogP contribution < -0.4 is 35.7 Å². The van der Waals surface area contributed by atoms with Gasteiger partial charge in [-0.05, 0) is 6.42 Å². The predicted molar refractivity (Wildman–Crippen MR) is 37.2 cm³/mol. The summed E-state index contributed by atoms with van der Waals surface area (Å²) in [5, 5.41) is 0. The molecule has 2 nitrogen and oxygen atoms in total. The van der Waals surface area contributed by atoms with Crippen LogP contribution in [0.15, 0.2) is 0 Å². The molecule has 0 heterocycles. The van der Waals surface area contributed by atoms with E-state index in [1.54, 1.807) is 0 Å². The van der Waals surface area contributed by atoms with Crippen LogP contribution in [-0.2, 0) is 0 Å². The van der Waals surface area contributed by atoms with Gasteiger partial charge in [-0.15, -0.1) is 11.6 Å². The number of hydrogen-bond donors (Lipinski definition) is 1. The Labute approximate surface area is 84.5 Å². The molecular formula is C5H15ClNNaO. The quantitative estimate of drug-likeness (QED) is 0.343. The summed E-state index contributed by atoms with van der Waals surface area (Å²) in [5.74, 6) is 0.827. The summed E-state index contributed by atoms with van der Waals surface area (Å²) in [6.07, 6.45) is 3.73. The molecule has 0 amide bonds. The second-order valence-corrected chi connectivity index (χ2v) is 1.77. The van der Waals surface area contributed by atoms with Gasteiger partial charge in [-0.1, -0.05) is 19.8 Å². The van der Waals surface area contributed by atoms with E-state index in [1.165, 1.54) is 19.3 Å². The van der Waals surface area contributed by atoms with Gasteiger partial charge in [0, 0.05) is 5.88 Å². The molecule has 9 heavy (non-hydrogen) atoms. The molecule has 0 bridgehead atoms. The van der Waals surface area contributed by atoms with Gasteiger partial charge in [0.1, 0.15) is 0 Å². The van der Waals surface area contributed by atoms with E-state index in [2.05, 4.69) is 6.92 Å². The number of rotatable bonds is 3. The average Bonchev–Trinajstić information content (AvgIpc) is 1.61. The van der Waals surface area contributed by atoms with Crippen molar-refractivity contribution in [1.29, 1.82) is 0 Å². The summed E-state index contributed by atoms with van der Waals surface area (Å²) in [4.78, 5) is 0. The number of alkyl halides is 1. The summed E-state index contributed by atoms with van der Waals surface area (Å²) < 4.78 is 0. The Morgan fingerprint density at radius 2 is 1.67 bits per heavy atom. The van der Waals surface area contributed by atoms with Crippen LogP contribution in [-0.4, -0.2) is 11.4 Å². The van der Waals surface area contributed by atoms with Crippen LogP contribution in [0.25, 0.3) is 0 Å². The minimum absolute atomic E-state index is 0. The summed E-state index contributed by atoms with van der Waals surface area (Å²) in [7, 11) is 0. The number of hydrogen-bond acceptors (Lipinski definition) is 2. The molecule has 0 aromatic heterocycles. The van der Waals surface area contributed by atoms with Gasteiger partial charge >= 0.3 is 29.6 Å². The number of unbranched alkanes of at least 4 members (excludes halogenated alkanes) is 2. The maximum absolute atomic E-state index is 5.38. The first-order valence-corrected chi connectivity index (χ1v) is 3.01. The first-order chi connectivity index (χ1) is 2.91. The van der Waals surface area contributed by atoms with E-state index < -0.39 is 0 Å². The van der Waals surface area contributed by atoms with E-state index in [0.717, 1.165) is 5.88 Å². The third-order valence-corrected chi connectivity index (χ3v) is 1.00. The zero-order valence-electron chi connectivity index (χ0n) is 6.36. The molecule has 0 aliphatic heterocycles. The molecule has 0 radical (unpaired) electrons. The number of halogens is 1. The molecule has 54 valence electrons. The smallest absolute Gasteiger partial charge is 0.870 e. The van der Waals surface area contributed by atoms with Gasteiger partial charge in [-0.2, -0.15) is 0 Å². The van der Waals surface area contributed by atoms with Crippen molar-refractivity contribution in [3.63, 3.8) is 0 Å². The largest absolute Gasteiger partial charge is 1.00 e. The fourth-order valence-electron chi connectivity index (χ4n) is 0.344. The first-order valence-electron chi connectivity index (χ1n) is 2.47. The van der Waals surface area contributed by atoms with Crippen LogP contribution in [0.5, 0.6) is 0 Å². The molecule has 0 fully saturated rings. The van der Waals surface area contributed by atoms with Gasteiger partial charge in [0.2, 0.25) is 0 Å². The average molecular weight is 164 g/mol. The van der Waals surface area contributed by atoms with Crippen molar-refractivity contribution in [1.82, 2.24) is 6.15 Å². The second kappa shape index (κ2) is 22.9. The van der Waals surface area contributed by atoms with Crippen molar-refractivity contribution in [2.75, 3.05) is 5.88 Å². The molecule has 0 spiro atoms. The molecule has 4 heteroatoms. The Hall–Kier alpha value is 1.21. The third kappa shape index (κ3) is 27.0. The fraction of sp³-hybridized carbons (Fsp3) is 1.00. The molecule has 0 saturated carbocycles. The second-order valence-electron chi connectivity index (χ2n) is 1.40. The molecule has 0 unspecified atom stereocenters. The topological polar surface area (TPSA) is 65.0 Å². The maximum Gasteiger partial charge on any atom is 1.00 e. The van der Waals surface area contributed by atoms with Gasteiger partial charge < -0.3 is 11.6 Å². The van der Waals surface area contributed by atoms with E-state index >= 15 is 0 Å². The standard InChI is InChI=1S/C5H11Cl.H3N.Na.H2O/c1-2-3-4-5-6;;;/h2-5H2,1H3;1H3;;1H2/q;;+1;/p-1. The van der Waals surface area contributed by atoms with Crippen molar-refractivity contribution in [3.8, 4) is 0 Å². The fourth-order valence-corrected chi connectivity index (χ4v) is 0.533. The van der Waals surface area contributed by atoms with Crippen molar-refractivity contribution < 1.29 is 35.0 Å². The minimum atomic E-state index is 0. The van der Waals surface area contributed by atoms with Gasteiger partial charge in [-0.25, -0.2) is 0 Å². The maximum atomic E-state index is 5.38. The SMILES string of the molecule is CCCCCCl.N.[Na+].[OH-]. The van der Waals surface area contributed by atoms with E-state index in [1.807, 2.05) is 0 Å². The zero-order chi connectivity index (χ0) is 4.83. The molecule has 0 saturated heterocycles. The van der Waals surface area contributed by atoms with Gasteiger partial charge in [0.25, 0.3) is 0 Å². The molecule has 4 N–H and O–H groups in total. The Morgan fingerprint density at radius 1 is 1.22 bits per heavy atom. The summed E-state index contributed by atoms with van der Waals surface area (Å²) in [5.41, 5.74) is 0. The van der Waals surface area contributed by atoms with Crippen molar-refractivity contribution in [2.24, 2.45) is 0 Å². The summed E-state index contributed by atoms with van der Waals surface area (Å²) in [6.45, 7) is 2.17. The van der Waals surface area contributed by atoms with Gasteiger partial charge in [-0.3, -0.25) is 0 Å². The van der Waals surface area contributed by atoms with Crippen LogP contribution in [0.1, 0.15) is 26.2 Å². The van der Waals surface area contributed by atoms with E-state index in [9.17, 15) is 0 Å². The Bertz CT molecular complexity index is 28.9. The van der Waals surface area contributed by atoms with E-state index in [4.69, 9.17) is 11.6 Å². The minimum Gasteiger partial charge on any atom is -0.870 e. The van der Waals surface area contributed by atoms with Crippen molar-refractivity contribution >= 4 is 11.6 Å². The molecule has 0 aliphatic carbocycles. The zero-order valence-corrected chi connectivity index (χ0v) is 9.12. The Morgan fingerprint density at radius 3 is 1.78 bits per heavy atom. The van der Waals surface area contributed by atoms with Gasteiger partial charge in [0.05, 0.1) is 0 Å². The molecule has 0 aliphatic rings. The Kier molecular flexibility index (Phi) is 57.1.